The fourth-order valence-corrected chi connectivity index (χ4v) is 4.81. The standard InChI is InChI=1S/C21H27N5O.ClH/c27-21(18-6-5-15-3-1-2-4-17(15)13-18)25-10-7-16(8-11-25)20-24-23-19-14-22-9-12-26(19)20;/h5-6,13,16,22H,1-4,7-12,14H2;1H. The highest BCUT2D eigenvalue weighted by Gasteiger charge is 2.29. The minimum atomic E-state index is 0. The predicted molar refractivity (Wildman–Crippen MR) is 110 cm³/mol. The summed E-state index contributed by atoms with van der Waals surface area (Å²) in [5.41, 5.74) is 3.67. The van der Waals surface area contributed by atoms with Gasteiger partial charge in [0, 0.05) is 37.7 Å². The van der Waals surface area contributed by atoms with Crippen molar-refractivity contribution in [3.8, 4) is 0 Å². The summed E-state index contributed by atoms with van der Waals surface area (Å²) in [5.74, 6) is 2.77. The van der Waals surface area contributed by atoms with E-state index >= 15 is 0 Å². The molecule has 3 heterocycles. The molecule has 0 unspecified atom stereocenters. The first-order valence-electron chi connectivity index (χ1n) is 10.3. The molecule has 1 saturated heterocycles. The van der Waals surface area contributed by atoms with Gasteiger partial charge in [0.15, 0.2) is 0 Å². The van der Waals surface area contributed by atoms with Crippen LogP contribution in [0.25, 0.3) is 0 Å². The van der Waals surface area contributed by atoms with Crippen molar-refractivity contribution in [2.45, 2.75) is 57.5 Å². The van der Waals surface area contributed by atoms with Gasteiger partial charge in [0.2, 0.25) is 0 Å². The third-order valence-corrected chi connectivity index (χ3v) is 6.39. The van der Waals surface area contributed by atoms with E-state index in [9.17, 15) is 4.79 Å². The van der Waals surface area contributed by atoms with Crippen molar-refractivity contribution in [2.75, 3.05) is 19.6 Å². The summed E-state index contributed by atoms with van der Waals surface area (Å²) in [6.45, 7) is 4.35. The highest BCUT2D eigenvalue weighted by molar-refractivity contribution is 5.94. The number of benzene rings is 1. The van der Waals surface area contributed by atoms with Gasteiger partial charge in [-0.1, -0.05) is 6.07 Å². The summed E-state index contributed by atoms with van der Waals surface area (Å²) in [7, 11) is 0. The Morgan fingerprint density at radius 2 is 1.82 bits per heavy atom. The largest absolute Gasteiger partial charge is 0.339 e. The molecule has 0 atom stereocenters. The lowest BCUT2D eigenvalue weighted by molar-refractivity contribution is 0.0710. The Morgan fingerprint density at radius 1 is 1.04 bits per heavy atom. The number of rotatable bonds is 2. The minimum Gasteiger partial charge on any atom is -0.339 e. The molecule has 150 valence electrons. The topological polar surface area (TPSA) is 63.1 Å². The number of likely N-dealkylation sites (tertiary alicyclic amines) is 1. The van der Waals surface area contributed by atoms with Crippen LogP contribution in [0.4, 0.5) is 0 Å². The summed E-state index contributed by atoms with van der Waals surface area (Å²) < 4.78 is 2.28. The van der Waals surface area contributed by atoms with Gasteiger partial charge >= 0.3 is 0 Å². The Labute approximate surface area is 172 Å². The van der Waals surface area contributed by atoms with Crippen molar-refractivity contribution in [1.82, 2.24) is 25.0 Å². The smallest absolute Gasteiger partial charge is 0.253 e. The van der Waals surface area contributed by atoms with Crippen LogP contribution in [-0.2, 0) is 25.9 Å². The maximum Gasteiger partial charge on any atom is 0.253 e. The molecule has 2 aromatic rings. The number of halogens is 1. The first-order valence-corrected chi connectivity index (χ1v) is 10.3. The van der Waals surface area contributed by atoms with Gasteiger partial charge in [0.1, 0.15) is 11.6 Å². The lowest BCUT2D eigenvalue weighted by Gasteiger charge is -2.32. The molecule has 0 spiro atoms. The lowest BCUT2D eigenvalue weighted by atomic mass is 9.90. The number of piperidine rings is 1. The number of amides is 1. The Kier molecular flexibility index (Phi) is 5.69. The van der Waals surface area contributed by atoms with Crippen LogP contribution in [0.15, 0.2) is 18.2 Å². The van der Waals surface area contributed by atoms with Crippen LogP contribution in [0.1, 0.15) is 64.7 Å². The van der Waals surface area contributed by atoms with E-state index < -0.39 is 0 Å². The summed E-state index contributed by atoms with van der Waals surface area (Å²) in [6.07, 6.45) is 6.74. The third-order valence-electron chi connectivity index (χ3n) is 6.39. The normalized spacial score (nSPS) is 19.5. The highest BCUT2D eigenvalue weighted by Crippen LogP contribution is 2.29. The number of aromatic nitrogens is 3. The van der Waals surface area contributed by atoms with E-state index in [2.05, 4.69) is 32.2 Å². The first-order chi connectivity index (χ1) is 13.3. The Hall–Kier alpha value is -1.92. The summed E-state index contributed by atoms with van der Waals surface area (Å²) in [4.78, 5) is 15.0. The second-order valence-corrected chi connectivity index (χ2v) is 8.06. The average Bonchev–Trinajstić information content (AvgIpc) is 3.17. The van der Waals surface area contributed by atoms with Crippen LogP contribution in [0, 0.1) is 0 Å². The molecule has 28 heavy (non-hydrogen) atoms. The number of hydrogen-bond donors (Lipinski definition) is 1. The summed E-state index contributed by atoms with van der Waals surface area (Å²) >= 11 is 0. The Balaban J connectivity index is 0.00000192. The lowest BCUT2D eigenvalue weighted by Crippen LogP contribution is -2.39. The molecule has 1 aromatic heterocycles. The number of hydrogen-bond acceptors (Lipinski definition) is 4. The maximum absolute atomic E-state index is 13.0. The van der Waals surface area contributed by atoms with E-state index in [1.54, 1.807) is 0 Å². The Bertz CT molecular complexity index is 856. The summed E-state index contributed by atoms with van der Waals surface area (Å²) in [5, 5.41) is 12.2. The van der Waals surface area contributed by atoms with Crippen molar-refractivity contribution in [3.05, 3.63) is 46.5 Å². The van der Waals surface area contributed by atoms with Crippen LogP contribution in [0.3, 0.4) is 0 Å². The molecule has 1 fully saturated rings. The van der Waals surface area contributed by atoms with Crippen LogP contribution >= 0.6 is 12.4 Å². The number of carbonyl (C=O) groups excluding carboxylic acids is 1. The maximum atomic E-state index is 13.0. The van der Waals surface area contributed by atoms with Crippen molar-refractivity contribution < 1.29 is 4.79 Å². The van der Waals surface area contributed by atoms with E-state index in [4.69, 9.17) is 0 Å². The number of nitrogens with one attached hydrogen (secondary N) is 1. The van der Waals surface area contributed by atoms with Gasteiger partial charge in [0.25, 0.3) is 5.91 Å². The van der Waals surface area contributed by atoms with Gasteiger partial charge < -0.3 is 14.8 Å². The molecule has 2 aliphatic heterocycles. The van der Waals surface area contributed by atoms with Crippen molar-refractivity contribution >= 4 is 18.3 Å². The van der Waals surface area contributed by atoms with Gasteiger partial charge in [-0.15, -0.1) is 22.6 Å². The predicted octanol–water partition coefficient (Wildman–Crippen LogP) is 2.70. The zero-order chi connectivity index (χ0) is 18.2. The zero-order valence-electron chi connectivity index (χ0n) is 16.2. The summed E-state index contributed by atoms with van der Waals surface area (Å²) in [6, 6.07) is 6.34. The second kappa shape index (κ2) is 8.21. The number of carbonyl (C=O) groups is 1. The molecular weight excluding hydrogens is 374 g/mol. The SMILES string of the molecule is Cl.O=C(c1ccc2c(c1)CCCC2)N1CCC(c2nnc3n2CCNC3)CC1. The van der Waals surface area contributed by atoms with E-state index in [1.807, 2.05) is 11.0 Å². The van der Waals surface area contributed by atoms with Crippen molar-refractivity contribution in [2.24, 2.45) is 0 Å². The van der Waals surface area contributed by atoms with E-state index in [-0.39, 0.29) is 18.3 Å². The van der Waals surface area contributed by atoms with Gasteiger partial charge in [-0.25, -0.2) is 0 Å². The van der Waals surface area contributed by atoms with E-state index in [1.165, 1.54) is 24.0 Å². The third kappa shape index (κ3) is 3.55. The molecule has 0 bridgehead atoms. The number of fused-ring (bicyclic) bond motifs is 2. The molecular formula is C21H28ClN5O. The molecule has 0 saturated carbocycles. The number of aryl methyl sites for hydroxylation is 2. The van der Waals surface area contributed by atoms with Crippen LogP contribution < -0.4 is 5.32 Å². The van der Waals surface area contributed by atoms with Crippen molar-refractivity contribution in [3.63, 3.8) is 0 Å². The molecule has 5 rings (SSSR count). The molecule has 0 radical (unpaired) electrons. The molecule has 3 aliphatic rings. The first kappa shape index (κ1) is 19.4. The van der Waals surface area contributed by atoms with Crippen LogP contribution in [-0.4, -0.2) is 45.2 Å². The van der Waals surface area contributed by atoms with Crippen molar-refractivity contribution in [1.29, 1.82) is 0 Å². The molecule has 1 aliphatic carbocycles. The fourth-order valence-electron chi connectivity index (χ4n) is 4.81. The van der Waals surface area contributed by atoms with Gasteiger partial charge in [-0.3, -0.25) is 4.79 Å². The fraction of sp³-hybridized carbons (Fsp3) is 0.571. The average molecular weight is 402 g/mol. The van der Waals surface area contributed by atoms with E-state index in [0.717, 1.165) is 75.6 Å². The van der Waals surface area contributed by atoms with Gasteiger partial charge in [0.05, 0.1) is 6.54 Å². The number of nitrogens with zero attached hydrogens (tertiary/aromatic N) is 4. The quantitative estimate of drug-likeness (QED) is 0.840. The van der Waals surface area contributed by atoms with Gasteiger partial charge in [-0.2, -0.15) is 0 Å². The van der Waals surface area contributed by atoms with Gasteiger partial charge in [-0.05, 0) is 61.8 Å². The minimum absolute atomic E-state index is 0. The molecule has 1 amide bonds. The van der Waals surface area contributed by atoms with Crippen LogP contribution in [0.5, 0.6) is 0 Å². The molecule has 1 N–H and O–H groups in total. The Morgan fingerprint density at radius 3 is 2.64 bits per heavy atom. The van der Waals surface area contributed by atoms with E-state index in [0.29, 0.717) is 5.92 Å². The second-order valence-electron chi connectivity index (χ2n) is 8.06. The highest BCUT2D eigenvalue weighted by atomic mass is 35.5. The zero-order valence-corrected chi connectivity index (χ0v) is 17.0. The molecule has 1 aromatic carbocycles. The molecule has 6 nitrogen and oxygen atoms in total. The van der Waals surface area contributed by atoms with Crippen LogP contribution in [0.2, 0.25) is 0 Å². The monoisotopic (exact) mass is 401 g/mol. The molecule has 7 heteroatoms.